The van der Waals surface area contributed by atoms with Crippen molar-refractivity contribution in [2.24, 2.45) is 0 Å². The summed E-state index contributed by atoms with van der Waals surface area (Å²) in [6.45, 7) is 0. The van der Waals surface area contributed by atoms with Crippen molar-refractivity contribution in [1.29, 1.82) is 0 Å². The van der Waals surface area contributed by atoms with Crippen molar-refractivity contribution in [1.82, 2.24) is 0 Å². The molecule has 0 bridgehead atoms. The first kappa shape index (κ1) is 14.2. The fourth-order valence-electron chi connectivity index (χ4n) is 1.82. The van der Waals surface area contributed by atoms with Crippen LogP contribution in [0.4, 0.5) is 0 Å². The molecule has 0 amide bonds. The summed E-state index contributed by atoms with van der Waals surface area (Å²) >= 11 is 0. The highest BCUT2D eigenvalue weighted by atomic mass is 16.7. The van der Waals surface area contributed by atoms with Gasteiger partial charge >= 0.3 is 0 Å². The number of unbranched alkanes of at least 4 members (excludes halogenated alkanes) is 1. The van der Waals surface area contributed by atoms with E-state index < -0.39 is 0 Å². The normalized spacial score (nSPS) is 12.9. The zero-order chi connectivity index (χ0) is 12.5. The highest BCUT2D eigenvalue weighted by molar-refractivity contribution is 5.16. The number of aliphatic hydroxyl groups excluding tert-OH is 1. The van der Waals surface area contributed by atoms with Gasteiger partial charge in [0.25, 0.3) is 0 Å². The van der Waals surface area contributed by atoms with Crippen LogP contribution in [0.5, 0.6) is 0 Å². The van der Waals surface area contributed by atoms with E-state index in [9.17, 15) is 5.11 Å². The Morgan fingerprint density at radius 1 is 1.00 bits per heavy atom. The number of hydrogen-bond acceptors (Lipinski definition) is 3. The van der Waals surface area contributed by atoms with Gasteiger partial charge in [0.1, 0.15) is 0 Å². The first-order valence-electron chi connectivity index (χ1n) is 6.06. The topological polar surface area (TPSA) is 38.7 Å². The lowest BCUT2D eigenvalue weighted by molar-refractivity contribution is -0.107. The van der Waals surface area contributed by atoms with Gasteiger partial charge < -0.3 is 14.6 Å². The maximum atomic E-state index is 9.94. The lowest BCUT2D eigenvalue weighted by Gasteiger charge is -2.14. The maximum absolute atomic E-state index is 9.94. The average molecular weight is 238 g/mol. The van der Waals surface area contributed by atoms with E-state index in [2.05, 4.69) is 0 Å². The summed E-state index contributed by atoms with van der Waals surface area (Å²) in [5.41, 5.74) is 0.988. The molecule has 0 saturated carbocycles. The monoisotopic (exact) mass is 238 g/mol. The highest BCUT2D eigenvalue weighted by Gasteiger charge is 2.08. The number of benzene rings is 1. The smallest absolute Gasteiger partial charge is 0.156 e. The van der Waals surface area contributed by atoms with Crippen LogP contribution in [0.25, 0.3) is 0 Å². The summed E-state index contributed by atoms with van der Waals surface area (Å²) in [6.07, 6.45) is 3.14. The van der Waals surface area contributed by atoms with Gasteiger partial charge in [0, 0.05) is 14.2 Å². The van der Waals surface area contributed by atoms with Gasteiger partial charge in [-0.1, -0.05) is 36.8 Å². The predicted molar refractivity (Wildman–Crippen MR) is 67.7 cm³/mol. The molecule has 1 aromatic carbocycles. The first-order valence-corrected chi connectivity index (χ1v) is 6.06. The summed E-state index contributed by atoms with van der Waals surface area (Å²) in [4.78, 5) is 0. The maximum Gasteiger partial charge on any atom is 0.156 e. The van der Waals surface area contributed by atoms with Crippen LogP contribution in [0.3, 0.4) is 0 Å². The molecule has 0 aromatic heterocycles. The third-order valence-electron chi connectivity index (χ3n) is 2.88. The lowest BCUT2D eigenvalue weighted by atomic mass is 10.0. The summed E-state index contributed by atoms with van der Waals surface area (Å²) in [6, 6.07) is 9.77. The van der Waals surface area contributed by atoms with Crippen LogP contribution < -0.4 is 0 Å². The highest BCUT2D eigenvalue weighted by Crippen LogP contribution is 2.19. The Labute approximate surface area is 103 Å². The van der Waals surface area contributed by atoms with Gasteiger partial charge in [0.15, 0.2) is 6.29 Å². The van der Waals surface area contributed by atoms with Gasteiger partial charge in [-0.05, 0) is 24.8 Å². The van der Waals surface area contributed by atoms with Crippen LogP contribution >= 0.6 is 0 Å². The third-order valence-corrected chi connectivity index (χ3v) is 2.88. The third kappa shape index (κ3) is 5.31. The van der Waals surface area contributed by atoms with E-state index in [4.69, 9.17) is 9.47 Å². The Morgan fingerprint density at radius 3 is 2.18 bits per heavy atom. The number of aliphatic hydroxyl groups is 1. The van der Waals surface area contributed by atoms with Crippen molar-refractivity contribution < 1.29 is 14.6 Å². The Bertz CT molecular complexity index is 283. The molecule has 0 aliphatic heterocycles. The van der Waals surface area contributed by atoms with Gasteiger partial charge in [-0.3, -0.25) is 0 Å². The van der Waals surface area contributed by atoms with Crippen molar-refractivity contribution in [3.8, 4) is 0 Å². The van der Waals surface area contributed by atoms with E-state index in [0.717, 1.165) is 31.2 Å². The molecule has 96 valence electrons. The SMILES string of the molecule is COC(CCCC[C@H](O)c1ccccc1)OC. The van der Waals surface area contributed by atoms with E-state index >= 15 is 0 Å². The van der Waals surface area contributed by atoms with Crippen LogP contribution in [0.15, 0.2) is 30.3 Å². The number of ether oxygens (including phenoxy) is 2. The zero-order valence-electron chi connectivity index (χ0n) is 10.6. The molecule has 0 saturated heterocycles. The average Bonchev–Trinajstić information content (AvgIpc) is 2.40. The molecule has 1 aromatic rings. The van der Waals surface area contributed by atoms with Crippen molar-refractivity contribution >= 4 is 0 Å². The van der Waals surface area contributed by atoms with Gasteiger partial charge in [-0.2, -0.15) is 0 Å². The Balaban J connectivity index is 2.19. The molecule has 0 fully saturated rings. The van der Waals surface area contributed by atoms with Crippen molar-refractivity contribution in [2.45, 2.75) is 38.1 Å². The predicted octanol–water partition coefficient (Wildman–Crippen LogP) is 2.90. The van der Waals surface area contributed by atoms with Crippen LogP contribution in [0.1, 0.15) is 37.4 Å². The second-order valence-electron chi connectivity index (χ2n) is 4.11. The van der Waals surface area contributed by atoms with Crippen LogP contribution in [-0.2, 0) is 9.47 Å². The van der Waals surface area contributed by atoms with Gasteiger partial charge in [-0.25, -0.2) is 0 Å². The second kappa shape index (κ2) is 8.23. The molecule has 0 aliphatic rings. The molecule has 3 nitrogen and oxygen atoms in total. The Morgan fingerprint density at radius 2 is 1.59 bits per heavy atom. The molecule has 0 unspecified atom stereocenters. The molecule has 0 radical (unpaired) electrons. The summed E-state index contributed by atoms with van der Waals surface area (Å²) in [7, 11) is 3.29. The summed E-state index contributed by atoms with van der Waals surface area (Å²) < 4.78 is 10.2. The van der Waals surface area contributed by atoms with E-state index in [0.29, 0.717) is 0 Å². The Kier molecular flexibility index (Phi) is 6.86. The summed E-state index contributed by atoms with van der Waals surface area (Å²) in [5.74, 6) is 0. The summed E-state index contributed by atoms with van der Waals surface area (Å²) in [5, 5.41) is 9.94. The van der Waals surface area contributed by atoms with E-state index in [-0.39, 0.29) is 12.4 Å². The lowest BCUT2D eigenvalue weighted by Crippen LogP contribution is -2.12. The van der Waals surface area contributed by atoms with Crippen LogP contribution in [0.2, 0.25) is 0 Å². The molecule has 3 heteroatoms. The minimum atomic E-state index is -0.361. The quantitative estimate of drug-likeness (QED) is 0.559. The first-order chi connectivity index (χ1) is 8.27. The van der Waals surface area contributed by atoms with E-state index in [1.54, 1.807) is 14.2 Å². The van der Waals surface area contributed by atoms with E-state index in [1.807, 2.05) is 30.3 Å². The molecule has 0 heterocycles. The minimum Gasteiger partial charge on any atom is -0.388 e. The Hall–Kier alpha value is -0.900. The largest absolute Gasteiger partial charge is 0.388 e. The molecular formula is C14H22O3. The van der Waals surface area contributed by atoms with Crippen molar-refractivity contribution in [2.75, 3.05) is 14.2 Å². The zero-order valence-corrected chi connectivity index (χ0v) is 10.6. The fraction of sp³-hybridized carbons (Fsp3) is 0.571. The number of rotatable bonds is 8. The molecular weight excluding hydrogens is 216 g/mol. The van der Waals surface area contributed by atoms with E-state index in [1.165, 1.54) is 0 Å². The molecule has 1 N–H and O–H groups in total. The number of hydrogen-bond donors (Lipinski definition) is 1. The fourth-order valence-corrected chi connectivity index (χ4v) is 1.82. The van der Waals surface area contributed by atoms with Gasteiger partial charge in [0.05, 0.1) is 6.10 Å². The van der Waals surface area contributed by atoms with Crippen LogP contribution in [0, 0.1) is 0 Å². The molecule has 0 spiro atoms. The molecule has 1 rings (SSSR count). The standard InChI is InChI=1S/C14H22O3/c1-16-14(17-2)11-7-6-10-13(15)12-8-4-3-5-9-12/h3-5,8-9,13-15H,6-7,10-11H2,1-2H3/t13-/m0/s1. The molecule has 0 aliphatic carbocycles. The molecule has 1 atom stereocenters. The van der Waals surface area contributed by atoms with Crippen LogP contribution in [-0.4, -0.2) is 25.6 Å². The molecule has 17 heavy (non-hydrogen) atoms. The van der Waals surface area contributed by atoms with Gasteiger partial charge in [0.2, 0.25) is 0 Å². The van der Waals surface area contributed by atoms with Gasteiger partial charge in [-0.15, -0.1) is 0 Å². The van der Waals surface area contributed by atoms with Crippen molar-refractivity contribution in [3.63, 3.8) is 0 Å². The minimum absolute atomic E-state index is 0.121. The number of methoxy groups -OCH3 is 2. The van der Waals surface area contributed by atoms with Crippen molar-refractivity contribution in [3.05, 3.63) is 35.9 Å². The second-order valence-corrected chi connectivity index (χ2v) is 4.11.